The van der Waals surface area contributed by atoms with Crippen LogP contribution >= 0.6 is 0 Å². The van der Waals surface area contributed by atoms with Crippen LogP contribution in [0, 0.1) is 34.5 Å². The van der Waals surface area contributed by atoms with Gasteiger partial charge < -0.3 is 35.5 Å². The molecular formula is C45H73N7O12. The van der Waals surface area contributed by atoms with Gasteiger partial charge in [0.05, 0.1) is 46.6 Å². The molecule has 0 aliphatic rings. The SMILES string of the molecule is C#CCOC[C@H](NC(=O)C(C)(C)CC(=O)C(C)(C)NC(=O)[C@H](CCCN=[N+]=[N-])CC(=O)C(C)(C)NC(=O)C(C)(C)CC(=O)C(C)(C)NC(=O)OC(C)(C)C)C(=O)CC(C)(C)C(=O)OC. The van der Waals surface area contributed by atoms with E-state index in [0.717, 1.165) is 0 Å². The topological polar surface area (TPSA) is 278 Å². The van der Waals surface area contributed by atoms with E-state index in [1.807, 2.05) is 0 Å². The lowest BCUT2D eigenvalue weighted by Gasteiger charge is -2.34. The predicted octanol–water partition coefficient (Wildman–Crippen LogP) is 5.01. The van der Waals surface area contributed by atoms with Gasteiger partial charge >= 0.3 is 12.1 Å². The van der Waals surface area contributed by atoms with Crippen molar-refractivity contribution in [3.63, 3.8) is 0 Å². The number of azide groups is 1. The molecule has 0 bridgehead atoms. The van der Waals surface area contributed by atoms with Crippen molar-refractivity contribution in [2.75, 3.05) is 26.9 Å². The molecule has 0 aromatic heterocycles. The van der Waals surface area contributed by atoms with Crippen LogP contribution in [-0.4, -0.2) is 108 Å². The van der Waals surface area contributed by atoms with Crippen molar-refractivity contribution in [3.05, 3.63) is 10.4 Å². The van der Waals surface area contributed by atoms with E-state index in [0.29, 0.717) is 0 Å². The Kier molecular flexibility index (Phi) is 21.6. The van der Waals surface area contributed by atoms with Gasteiger partial charge in [-0.15, -0.1) is 6.42 Å². The second-order valence-corrected chi connectivity index (χ2v) is 20.6. The molecule has 19 nitrogen and oxygen atoms in total. The number of amides is 4. The minimum Gasteiger partial charge on any atom is -0.469 e. The third-order valence-corrected chi connectivity index (χ3v) is 10.4. The van der Waals surface area contributed by atoms with Crippen molar-refractivity contribution in [1.29, 1.82) is 0 Å². The minimum absolute atomic E-state index is 0.0129. The normalized spacial score (nSPS) is 13.4. The van der Waals surface area contributed by atoms with Crippen LogP contribution in [0.3, 0.4) is 0 Å². The number of Topliss-reactive ketones (excluding diaryl/α,β-unsaturated/α-hetero) is 4. The van der Waals surface area contributed by atoms with Crippen molar-refractivity contribution < 1.29 is 57.4 Å². The second kappa shape index (κ2) is 23.5. The highest BCUT2D eigenvalue weighted by atomic mass is 16.6. The molecule has 0 aliphatic heterocycles. The van der Waals surface area contributed by atoms with E-state index in [4.69, 9.17) is 26.2 Å². The first-order chi connectivity index (χ1) is 28.9. The molecule has 0 aromatic carbocycles. The molecule has 0 saturated heterocycles. The molecule has 64 heavy (non-hydrogen) atoms. The van der Waals surface area contributed by atoms with E-state index in [1.165, 1.54) is 90.2 Å². The largest absolute Gasteiger partial charge is 0.469 e. The summed E-state index contributed by atoms with van der Waals surface area (Å²) in [6.07, 6.45) is 3.32. The number of ether oxygens (including phenoxy) is 3. The third kappa shape index (κ3) is 19.6. The number of rotatable bonds is 27. The average Bonchev–Trinajstić information content (AvgIpc) is 3.12. The quantitative estimate of drug-likeness (QED) is 0.0212. The van der Waals surface area contributed by atoms with Crippen molar-refractivity contribution in [2.45, 2.75) is 171 Å². The van der Waals surface area contributed by atoms with Crippen LogP contribution in [-0.2, 0) is 52.6 Å². The van der Waals surface area contributed by atoms with Crippen molar-refractivity contribution >= 4 is 52.9 Å². The zero-order valence-electron chi connectivity index (χ0n) is 40.8. The summed E-state index contributed by atoms with van der Waals surface area (Å²) in [4.78, 5) is 123. The van der Waals surface area contributed by atoms with E-state index in [-0.39, 0.29) is 45.4 Å². The van der Waals surface area contributed by atoms with Gasteiger partial charge in [-0.3, -0.25) is 38.4 Å². The van der Waals surface area contributed by atoms with Gasteiger partial charge in [0, 0.05) is 43.1 Å². The number of terminal acetylenes is 1. The van der Waals surface area contributed by atoms with Crippen molar-refractivity contribution in [2.24, 2.45) is 27.3 Å². The Morgan fingerprint density at radius 3 is 1.67 bits per heavy atom. The monoisotopic (exact) mass is 904 g/mol. The Morgan fingerprint density at radius 2 is 1.19 bits per heavy atom. The van der Waals surface area contributed by atoms with E-state index in [9.17, 15) is 43.2 Å². The number of esters is 1. The van der Waals surface area contributed by atoms with Gasteiger partial charge in [0.15, 0.2) is 23.1 Å². The number of ketones is 4. The molecule has 4 N–H and O–H groups in total. The zero-order chi connectivity index (χ0) is 50.3. The summed E-state index contributed by atoms with van der Waals surface area (Å²) in [5.74, 6) is -3.56. The molecule has 0 fully saturated rings. The smallest absolute Gasteiger partial charge is 0.408 e. The standard InChI is InChI=1S/C45H73N7O12/c1-18-22-63-27-29(30(53)24-42(9,10)37(60)62-17)48-35(58)40(5,6)25-32(55)44(13,14)49-34(57)28(20-19-21-47-52-46)23-31(54)43(11,12)50-36(59)41(7,8)26-33(56)45(15,16)51-38(61)64-39(2,3)4/h1,28-29H,19-27H2,2-17H3,(H,48,58)(H,49,57)(H,50,59)(H,51,61)/t28-,29+/m1/s1. The molecule has 0 aliphatic carbocycles. The van der Waals surface area contributed by atoms with Crippen LogP contribution in [0.25, 0.3) is 10.4 Å². The lowest BCUT2D eigenvalue weighted by atomic mass is 9.79. The maximum Gasteiger partial charge on any atom is 0.408 e. The Labute approximate surface area is 378 Å². The third-order valence-electron chi connectivity index (χ3n) is 10.4. The van der Waals surface area contributed by atoms with Crippen molar-refractivity contribution in [1.82, 2.24) is 21.3 Å². The number of hydrogen-bond donors (Lipinski definition) is 4. The highest BCUT2D eigenvalue weighted by Gasteiger charge is 2.44. The highest BCUT2D eigenvalue weighted by Crippen LogP contribution is 2.29. The summed E-state index contributed by atoms with van der Waals surface area (Å²) in [5.41, 5.74) is -0.544. The van der Waals surface area contributed by atoms with Crippen LogP contribution in [0.1, 0.15) is 142 Å². The van der Waals surface area contributed by atoms with Gasteiger partial charge in [-0.1, -0.05) is 38.7 Å². The molecule has 2 atom stereocenters. The van der Waals surface area contributed by atoms with E-state index in [1.54, 1.807) is 20.8 Å². The highest BCUT2D eigenvalue weighted by molar-refractivity contribution is 6.01. The van der Waals surface area contributed by atoms with Gasteiger partial charge in [-0.05, 0) is 94.5 Å². The molecule has 4 amide bonds. The van der Waals surface area contributed by atoms with Crippen LogP contribution in [0.2, 0.25) is 0 Å². The summed E-state index contributed by atoms with van der Waals surface area (Å²) in [6.45, 7) is 22.4. The number of alkyl carbamates (subject to hydrolysis) is 1. The molecular weight excluding hydrogens is 831 g/mol. The lowest BCUT2D eigenvalue weighted by molar-refractivity contribution is -0.153. The second-order valence-electron chi connectivity index (χ2n) is 20.6. The fourth-order valence-corrected chi connectivity index (χ4v) is 6.01. The number of carbonyl (C=O) groups is 9. The first-order valence-corrected chi connectivity index (χ1v) is 21.1. The van der Waals surface area contributed by atoms with Crippen LogP contribution in [0.15, 0.2) is 5.11 Å². The van der Waals surface area contributed by atoms with E-state index in [2.05, 4.69) is 37.2 Å². The Hall–Kier alpha value is -5.34. The van der Waals surface area contributed by atoms with Crippen LogP contribution < -0.4 is 21.3 Å². The fourth-order valence-electron chi connectivity index (χ4n) is 6.01. The summed E-state index contributed by atoms with van der Waals surface area (Å²) in [5, 5.41) is 14.1. The van der Waals surface area contributed by atoms with Crippen molar-refractivity contribution in [3.8, 4) is 12.3 Å². The zero-order valence-corrected chi connectivity index (χ0v) is 40.8. The van der Waals surface area contributed by atoms with E-state index >= 15 is 0 Å². The number of nitrogens with zero attached hydrogens (tertiary/aromatic N) is 3. The maximum atomic E-state index is 13.9. The van der Waals surface area contributed by atoms with Gasteiger partial charge in [-0.2, -0.15) is 0 Å². The summed E-state index contributed by atoms with van der Waals surface area (Å²) < 4.78 is 15.4. The van der Waals surface area contributed by atoms with E-state index < -0.39 is 116 Å². The Balaban J connectivity index is 6.14. The number of nitrogens with one attached hydrogen (secondary N) is 4. The first kappa shape index (κ1) is 58.7. The Bertz CT molecular complexity index is 1840. The molecule has 19 heteroatoms. The van der Waals surface area contributed by atoms with Gasteiger partial charge in [0.2, 0.25) is 17.7 Å². The summed E-state index contributed by atoms with van der Waals surface area (Å²) in [7, 11) is 1.19. The van der Waals surface area contributed by atoms with Gasteiger partial charge in [-0.25, -0.2) is 4.79 Å². The molecule has 0 radical (unpaired) electrons. The van der Waals surface area contributed by atoms with Gasteiger partial charge in [0.25, 0.3) is 0 Å². The average molecular weight is 904 g/mol. The summed E-state index contributed by atoms with van der Waals surface area (Å²) in [6, 6.07) is -1.22. The fraction of sp³-hybridized carbons (Fsp3) is 0.756. The molecule has 0 saturated carbocycles. The molecule has 0 heterocycles. The lowest BCUT2D eigenvalue weighted by Crippen LogP contribution is -2.57. The number of carbonyl (C=O) groups excluding carboxylic acids is 9. The Morgan fingerprint density at radius 1 is 0.688 bits per heavy atom. The minimum atomic E-state index is -1.58. The summed E-state index contributed by atoms with van der Waals surface area (Å²) >= 11 is 0. The van der Waals surface area contributed by atoms with Crippen LogP contribution in [0.5, 0.6) is 0 Å². The number of methoxy groups -OCH3 is 1. The molecule has 0 aromatic rings. The first-order valence-electron chi connectivity index (χ1n) is 21.1. The molecule has 0 unspecified atom stereocenters. The molecule has 360 valence electrons. The predicted molar refractivity (Wildman–Crippen MR) is 238 cm³/mol. The number of hydrogen-bond acceptors (Lipinski definition) is 13. The van der Waals surface area contributed by atoms with Gasteiger partial charge in [0.1, 0.15) is 18.2 Å². The van der Waals surface area contributed by atoms with Crippen LogP contribution in [0.4, 0.5) is 4.79 Å². The molecule has 0 spiro atoms. The maximum absolute atomic E-state index is 13.9. The molecule has 0 rings (SSSR count).